The summed E-state index contributed by atoms with van der Waals surface area (Å²) in [5, 5.41) is 3.41. The number of amides is 2. The lowest BCUT2D eigenvalue weighted by atomic mass is 10.1. The number of benzene rings is 1. The number of nitrogens with zero attached hydrogens (tertiary/aromatic N) is 4. The molecule has 18 heavy (non-hydrogen) atoms. The van der Waals surface area contributed by atoms with E-state index in [0.717, 1.165) is 0 Å². The van der Waals surface area contributed by atoms with E-state index in [1.54, 1.807) is 24.3 Å². The number of unbranched alkanes of at least 4 members (excludes halogenated alkanes) is 1. The molecule has 0 N–H and O–H groups in total. The van der Waals surface area contributed by atoms with Crippen molar-refractivity contribution in [3.63, 3.8) is 0 Å². The molecule has 6 nitrogen and oxygen atoms in total. The van der Waals surface area contributed by atoms with Crippen molar-refractivity contribution in [2.24, 2.45) is 5.11 Å². The highest BCUT2D eigenvalue weighted by molar-refractivity contribution is 6.21. The van der Waals surface area contributed by atoms with Gasteiger partial charge in [0.15, 0.2) is 0 Å². The molecule has 0 radical (unpaired) electrons. The number of imide groups is 1. The van der Waals surface area contributed by atoms with Crippen LogP contribution in [-0.2, 0) is 0 Å². The number of rotatable bonds is 5. The first-order chi connectivity index (χ1) is 8.75. The van der Waals surface area contributed by atoms with Crippen LogP contribution in [0.2, 0.25) is 0 Å². The van der Waals surface area contributed by atoms with Gasteiger partial charge < -0.3 is 0 Å². The van der Waals surface area contributed by atoms with Gasteiger partial charge in [0, 0.05) is 18.0 Å². The van der Waals surface area contributed by atoms with Crippen molar-refractivity contribution in [3.8, 4) is 0 Å². The molecule has 1 heterocycles. The van der Waals surface area contributed by atoms with E-state index in [2.05, 4.69) is 10.0 Å². The molecular formula is C12H12N4O2. The summed E-state index contributed by atoms with van der Waals surface area (Å²) in [6, 6.07) is 6.81. The molecule has 0 saturated carbocycles. The summed E-state index contributed by atoms with van der Waals surface area (Å²) in [5.74, 6) is -0.473. The zero-order chi connectivity index (χ0) is 13.0. The van der Waals surface area contributed by atoms with Gasteiger partial charge in [0.25, 0.3) is 11.8 Å². The third-order valence-electron chi connectivity index (χ3n) is 2.83. The second kappa shape index (κ2) is 5.33. The molecule has 0 bridgehead atoms. The van der Waals surface area contributed by atoms with E-state index in [1.165, 1.54) is 4.90 Å². The van der Waals surface area contributed by atoms with Crippen LogP contribution in [0.4, 0.5) is 0 Å². The average Bonchev–Trinajstić information content (AvgIpc) is 2.64. The van der Waals surface area contributed by atoms with Crippen LogP contribution in [0.5, 0.6) is 0 Å². The molecule has 0 spiro atoms. The van der Waals surface area contributed by atoms with Gasteiger partial charge >= 0.3 is 0 Å². The highest BCUT2D eigenvalue weighted by atomic mass is 16.2. The van der Waals surface area contributed by atoms with E-state index < -0.39 is 0 Å². The first-order valence-corrected chi connectivity index (χ1v) is 5.72. The maximum atomic E-state index is 12.0. The van der Waals surface area contributed by atoms with Gasteiger partial charge in [-0.15, -0.1) is 0 Å². The third-order valence-corrected chi connectivity index (χ3v) is 2.83. The fourth-order valence-corrected chi connectivity index (χ4v) is 1.94. The lowest BCUT2D eigenvalue weighted by molar-refractivity contribution is 0.0652. The molecule has 0 atom stereocenters. The predicted octanol–water partition coefficient (Wildman–Crippen LogP) is 2.37. The summed E-state index contributed by atoms with van der Waals surface area (Å²) in [7, 11) is 0. The van der Waals surface area contributed by atoms with Crippen molar-refractivity contribution in [1.29, 1.82) is 0 Å². The summed E-state index contributed by atoms with van der Waals surface area (Å²) in [6.07, 6.45) is 1.31. The Bertz CT molecular complexity index is 500. The largest absolute Gasteiger partial charge is 0.274 e. The van der Waals surface area contributed by atoms with E-state index in [0.29, 0.717) is 37.1 Å². The van der Waals surface area contributed by atoms with Crippen molar-refractivity contribution in [1.82, 2.24) is 4.90 Å². The van der Waals surface area contributed by atoms with Gasteiger partial charge in [0.2, 0.25) is 0 Å². The number of hydrogen-bond donors (Lipinski definition) is 0. The number of carbonyl (C=O) groups is 2. The lowest BCUT2D eigenvalue weighted by Crippen LogP contribution is -2.30. The minimum Gasteiger partial charge on any atom is -0.274 e. The third kappa shape index (κ3) is 2.19. The van der Waals surface area contributed by atoms with E-state index in [4.69, 9.17) is 5.53 Å². The molecule has 1 aliphatic rings. The summed E-state index contributed by atoms with van der Waals surface area (Å²) in [6.45, 7) is 0.757. The van der Waals surface area contributed by atoms with E-state index >= 15 is 0 Å². The summed E-state index contributed by atoms with van der Waals surface area (Å²) in [4.78, 5) is 27.8. The molecule has 0 saturated heterocycles. The maximum absolute atomic E-state index is 12.0. The van der Waals surface area contributed by atoms with Crippen LogP contribution in [0.15, 0.2) is 29.4 Å². The smallest absolute Gasteiger partial charge is 0.261 e. The summed E-state index contributed by atoms with van der Waals surface area (Å²) < 4.78 is 0. The zero-order valence-electron chi connectivity index (χ0n) is 9.74. The van der Waals surface area contributed by atoms with Crippen molar-refractivity contribution in [3.05, 3.63) is 45.8 Å². The van der Waals surface area contributed by atoms with E-state index in [1.807, 2.05) is 0 Å². The molecule has 0 aromatic heterocycles. The highest BCUT2D eigenvalue weighted by Gasteiger charge is 2.34. The van der Waals surface area contributed by atoms with E-state index in [-0.39, 0.29) is 11.8 Å². The normalized spacial score (nSPS) is 13.4. The van der Waals surface area contributed by atoms with Gasteiger partial charge in [-0.3, -0.25) is 14.5 Å². The second-order valence-electron chi connectivity index (χ2n) is 3.97. The number of azide groups is 1. The Kier molecular flexibility index (Phi) is 3.60. The molecule has 2 rings (SSSR count). The monoisotopic (exact) mass is 244 g/mol. The van der Waals surface area contributed by atoms with Crippen LogP contribution < -0.4 is 0 Å². The maximum Gasteiger partial charge on any atom is 0.261 e. The number of carbonyl (C=O) groups excluding carboxylic acids is 2. The number of fused-ring (bicyclic) bond motifs is 1. The van der Waals surface area contributed by atoms with Crippen LogP contribution in [-0.4, -0.2) is 29.8 Å². The lowest BCUT2D eigenvalue weighted by Gasteiger charge is -2.12. The van der Waals surface area contributed by atoms with Gasteiger partial charge in [-0.1, -0.05) is 17.2 Å². The van der Waals surface area contributed by atoms with Gasteiger partial charge in [-0.05, 0) is 30.5 Å². The molecular weight excluding hydrogens is 232 g/mol. The second-order valence-corrected chi connectivity index (χ2v) is 3.97. The molecule has 2 amide bonds. The van der Waals surface area contributed by atoms with Gasteiger partial charge in [-0.2, -0.15) is 0 Å². The quantitative estimate of drug-likeness (QED) is 0.262. The van der Waals surface area contributed by atoms with Crippen molar-refractivity contribution >= 4 is 11.8 Å². The minimum absolute atomic E-state index is 0.237. The van der Waals surface area contributed by atoms with Crippen molar-refractivity contribution < 1.29 is 9.59 Å². The van der Waals surface area contributed by atoms with Crippen molar-refractivity contribution in [2.45, 2.75) is 12.8 Å². The standard InChI is InChI=1S/C12H12N4O2/c13-15-14-7-3-4-8-16-11(17)9-5-1-2-6-10(9)12(16)18/h1-2,5-6H,3-4,7-8H2. The van der Waals surface area contributed by atoms with E-state index in [9.17, 15) is 9.59 Å². The summed E-state index contributed by atoms with van der Waals surface area (Å²) >= 11 is 0. The fraction of sp³-hybridized carbons (Fsp3) is 0.333. The zero-order valence-corrected chi connectivity index (χ0v) is 9.74. The first-order valence-electron chi connectivity index (χ1n) is 5.72. The molecule has 0 unspecified atom stereocenters. The molecule has 6 heteroatoms. The van der Waals surface area contributed by atoms with Gasteiger partial charge in [0.05, 0.1) is 11.1 Å². The summed E-state index contributed by atoms with van der Waals surface area (Å²) in [5.41, 5.74) is 9.06. The van der Waals surface area contributed by atoms with Crippen LogP contribution in [0.1, 0.15) is 33.6 Å². The average molecular weight is 244 g/mol. The Morgan fingerprint density at radius 2 is 1.72 bits per heavy atom. The Morgan fingerprint density at radius 3 is 2.28 bits per heavy atom. The molecule has 0 aliphatic carbocycles. The molecule has 1 aromatic rings. The van der Waals surface area contributed by atoms with Gasteiger partial charge in [-0.25, -0.2) is 0 Å². The molecule has 0 fully saturated rings. The van der Waals surface area contributed by atoms with Crippen LogP contribution in [0, 0.1) is 0 Å². The Hall–Kier alpha value is -2.33. The molecule has 1 aliphatic heterocycles. The topological polar surface area (TPSA) is 86.1 Å². The first kappa shape index (κ1) is 12.1. The fourth-order valence-electron chi connectivity index (χ4n) is 1.94. The Labute approximate surface area is 104 Å². The highest BCUT2D eigenvalue weighted by Crippen LogP contribution is 2.22. The predicted molar refractivity (Wildman–Crippen MR) is 65.1 cm³/mol. The number of hydrogen-bond acceptors (Lipinski definition) is 3. The Balaban J connectivity index is 1.98. The van der Waals surface area contributed by atoms with Gasteiger partial charge in [0.1, 0.15) is 0 Å². The molecule has 1 aromatic carbocycles. The van der Waals surface area contributed by atoms with Crippen LogP contribution in [0.25, 0.3) is 10.4 Å². The van der Waals surface area contributed by atoms with Crippen molar-refractivity contribution in [2.75, 3.05) is 13.1 Å². The minimum atomic E-state index is -0.237. The SMILES string of the molecule is [N-]=[N+]=NCCCCN1C(=O)c2ccccc2C1=O. The molecule has 92 valence electrons. The van der Waals surface area contributed by atoms with Crippen LogP contribution in [0.3, 0.4) is 0 Å². The van der Waals surface area contributed by atoms with Crippen LogP contribution >= 0.6 is 0 Å². The Morgan fingerprint density at radius 1 is 1.11 bits per heavy atom.